The van der Waals surface area contributed by atoms with E-state index < -0.39 is 6.04 Å². The molecule has 5 nitrogen and oxygen atoms in total. The Labute approximate surface area is 214 Å². The van der Waals surface area contributed by atoms with Crippen molar-refractivity contribution in [1.82, 2.24) is 10.2 Å². The van der Waals surface area contributed by atoms with E-state index in [4.69, 9.17) is 51.1 Å². The summed E-state index contributed by atoms with van der Waals surface area (Å²) in [6.07, 6.45) is 5.28. The summed E-state index contributed by atoms with van der Waals surface area (Å²) in [5, 5.41) is 4.76. The molecule has 1 N–H and O–H groups in total. The molecule has 178 valence electrons. The average molecular weight is 532 g/mol. The maximum absolute atomic E-state index is 13.2. The SMILES string of the molecule is CC(C(=O)NC1CCCCC1)N(Cc1ccc(Cl)cc1Cl)C(=O)COc1ccc(Cl)cc1Cl. The maximum atomic E-state index is 13.2. The van der Waals surface area contributed by atoms with Gasteiger partial charge in [0.25, 0.3) is 5.91 Å². The second-order valence-corrected chi connectivity index (χ2v) is 9.83. The van der Waals surface area contributed by atoms with Gasteiger partial charge >= 0.3 is 0 Å². The highest BCUT2D eigenvalue weighted by Crippen LogP contribution is 2.28. The smallest absolute Gasteiger partial charge is 0.261 e. The molecule has 0 aliphatic heterocycles. The summed E-state index contributed by atoms with van der Waals surface area (Å²) < 4.78 is 5.63. The molecule has 0 saturated heterocycles. The molecule has 3 rings (SSSR count). The monoisotopic (exact) mass is 530 g/mol. The summed E-state index contributed by atoms with van der Waals surface area (Å²) in [7, 11) is 0. The second kappa shape index (κ2) is 12.2. The fourth-order valence-corrected chi connectivity index (χ4v) is 4.73. The van der Waals surface area contributed by atoms with Gasteiger partial charge in [0.1, 0.15) is 11.8 Å². The number of hydrogen-bond donors (Lipinski definition) is 1. The van der Waals surface area contributed by atoms with Crippen LogP contribution in [-0.4, -0.2) is 35.4 Å². The lowest BCUT2D eigenvalue weighted by molar-refractivity contribution is -0.142. The van der Waals surface area contributed by atoms with Crippen molar-refractivity contribution in [2.24, 2.45) is 0 Å². The highest BCUT2D eigenvalue weighted by atomic mass is 35.5. The molecule has 0 radical (unpaired) electrons. The van der Waals surface area contributed by atoms with E-state index in [1.807, 2.05) is 0 Å². The number of halogens is 4. The molecule has 1 atom stereocenters. The van der Waals surface area contributed by atoms with Crippen molar-refractivity contribution >= 4 is 58.2 Å². The fourth-order valence-electron chi connectivity index (χ4n) is 3.80. The van der Waals surface area contributed by atoms with Crippen molar-refractivity contribution in [3.8, 4) is 5.75 Å². The first-order valence-corrected chi connectivity index (χ1v) is 12.4. The van der Waals surface area contributed by atoms with E-state index in [2.05, 4.69) is 5.32 Å². The van der Waals surface area contributed by atoms with Crippen LogP contribution in [0.25, 0.3) is 0 Å². The van der Waals surface area contributed by atoms with Gasteiger partial charge in [-0.15, -0.1) is 0 Å². The first-order chi connectivity index (χ1) is 15.7. The minimum atomic E-state index is -0.726. The number of carbonyl (C=O) groups excluding carboxylic acids is 2. The summed E-state index contributed by atoms with van der Waals surface area (Å²) in [6.45, 7) is 1.54. The zero-order valence-electron chi connectivity index (χ0n) is 18.3. The molecule has 0 bridgehead atoms. The molecular formula is C24H26Cl4N2O3. The highest BCUT2D eigenvalue weighted by Gasteiger charge is 2.29. The number of amides is 2. The van der Waals surface area contributed by atoms with Gasteiger partial charge in [0.2, 0.25) is 5.91 Å². The lowest BCUT2D eigenvalue weighted by Gasteiger charge is -2.31. The van der Waals surface area contributed by atoms with Crippen LogP contribution >= 0.6 is 46.4 Å². The molecule has 33 heavy (non-hydrogen) atoms. The van der Waals surface area contributed by atoms with Gasteiger partial charge in [0, 0.05) is 27.7 Å². The highest BCUT2D eigenvalue weighted by molar-refractivity contribution is 6.35. The molecule has 0 spiro atoms. The van der Waals surface area contributed by atoms with Crippen LogP contribution in [0.15, 0.2) is 36.4 Å². The molecule has 2 aromatic rings. The minimum absolute atomic E-state index is 0.131. The normalized spacial score (nSPS) is 15.1. The number of hydrogen-bond acceptors (Lipinski definition) is 3. The quantitative estimate of drug-likeness (QED) is 0.420. The van der Waals surface area contributed by atoms with Gasteiger partial charge in [-0.3, -0.25) is 9.59 Å². The molecule has 0 heterocycles. The predicted molar refractivity (Wildman–Crippen MR) is 133 cm³/mol. The summed E-state index contributed by atoms with van der Waals surface area (Å²) in [4.78, 5) is 27.7. The van der Waals surface area contributed by atoms with Gasteiger partial charge in [-0.2, -0.15) is 0 Å². The Balaban J connectivity index is 1.75. The summed E-state index contributed by atoms with van der Waals surface area (Å²) in [5.74, 6) is -0.249. The number of nitrogens with zero attached hydrogens (tertiary/aromatic N) is 1. The van der Waals surface area contributed by atoms with Gasteiger partial charge < -0.3 is 15.0 Å². The Hall–Kier alpha value is -1.66. The fraction of sp³-hybridized carbons (Fsp3) is 0.417. The Morgan fingerprint density at radius 1 is 1.00 bits per heavy atom. The Bertz CT molecular complexity index is 996. The third-order valence-corrected chi connectivity index (χ3v) is 6.84. The van der Waals surface area contributed by atoms with Crippen molar-refractivity contribution in [3.63, 3.8) is 0 Å². The largest absolute Gasteiger partial charge is 0.482 e. The van der Waals surface area contributed by atoms with Crippen LogP contribution in [-0.2, 0) is 16.1 Å². The first-order valence-electron chi connectivity index (χ1n) is 10.9. The molecular weight excluding hydrogens is 506 g/mol. The van der Waals surface area contributed by atoms with E-state index in [1.54, 1.807) is 37.3 Å². The average Bonchev–Trinajstić information content (AvgIpc) is 2.78. The van der Waals surface area contributed by atoms with E-state index >= 15 is 0 Å². The zero-order chi connectivity index (χ0) is 24.0. The standard InChI is InChI=1S/C24H26Cl4N2O3/c1-15(24(32)29-19-5-3-2-4-6-19)30(13-16-7-8-17(25)11-20(16)27)23(31)14-33-22-10-9-18(26)12-21(22)28/h7-12,15,19H,2-6,13-14H2,1H3,(H,29,32). The Morgan fingerprint density at radius 3 is 2.27 bits per heavy atom. The lowest BCUT2D eigenvalue weighted by atomic mass is 9.95. The van der Waals surface area contributed by atoms with Gasteiger partial charge in [-0.1, -0.05) is 71.7 Å². The zero-order valence-corrected chi connectivity index (χ0v) is 21.3. The molecule has 0 aromatic heterocycles. The summed E-state index contributed by atoms with van der Waals surface area (Å²) in [6, 6.07) is 9.21. The second-order valence-electron chi connectivity index (χ2n) is 8.14. The van der Waals surface area contributed by atoms with Gasteiger partial charge in [-0.05, 0) is 55.7 Å². The van der Waals surface area contributed by atoms with Crippen LogP contribution in [0.4, 0.5) is 0 Å². The van der Waals surface area contributed by atoms with Crippen LogP contribution in [0.5, 0.6) is 5.75 Å². The Kier molecular flexibility index (Phi) is 9.57. The van der Waals surface area contributed by atoms with Crippen LogP contribution in [0.3, 0.4) is 0 Å². The maximum Gasteiger partial charge on any atom is 0.261 e. The Morgan fingerprint density at radius 2 is 1.64 bits per heavy atom. The number of benzene rings is 2. The summed E-state index contributed by atoms with van der Waals surface area (Å²) >= 11 is 24.4. The first kappa shape index (κ1) is 26.0. The van der Waals surface area contributed by atoms with E-state index in [0.717, 1.165) is 25.7 Å². The molecule has 1 unspecified atom stereocenters. The molecule has 1 saturated carbocycles. The minimum Gasteiger partial charge on any atom is -0.482 e. The van der Waals surface area contributed by atoms with E-state index in [-0.39, 0.29) is 31.0 Å². The molecule has 1 aliphatic carbocycles. The van der Waals surface area contributed by atoms with Gasteiger partial charge in [0.05, 0.1) is 5.02 Å². The lowest BCUT2D eigenvalue weighted by Crippen LogP contribution is -2.51. The van der Waals surface area contributed by atoms with Crippen molar-refractivity contribution in [3.05, 3.63) is 62.1 Å². The topological polar surface area (TPSA) is 58.6 Å². The van der Waals surface area contributed by atoms with Crippen LogP contribution < -0.4 is 10.1 Å². The number of nitrogens with one attached hydrogen (secondary N) is 1. The van der Waals surface area contributed by atoms with Crippen molar-refractivity contribution in [2.75, 3.05) is 6.61 Å². The molecule has 1 fully saturated rings. The van der Waals surface area contributed by atoms with Crippen LogP contribution in [0, 0.1) is 0 Å². The molecule has 2 aromatic carbocycles. The third-order valence-electron chi connectivity index (χ3n) is 5.72. The van der Waals surface area contributed by atoms with Gasteiger partial charge in [0.15, 0.2) is 6.61 Å². The number of rotatable bonds is 8. The predicted octanol–water partition coefficient (Wildman–Crippen LogP) is 6.55. The van der Waals surface area contributed by atoms with Crippen molar-refractivity contribution in [1.29, 1.82) is 0 Å². The number of carbonyl (C=O) groups is 2. The molecule has 1 aliphatic rings. The van der Waals surface area contributed by atoms with Crippen LogP contribution in [0.2, 0.25) is 20.1 Å². The van der Waals surface area contributed by atoms with Crippen molar-refractivity contribution in [2.45, 2.75) is 57.7 Å². The third kappa shape index (κ3) is 7.41. The van der Waals surface area contributed by atoms with Gasteiger partial charge in [-0.25, -0.2) is 0 Å². The molecule has 2 amide bonds. The number of ether oxygens (including phenoxy) is 1. The van der Waals surface area contributed by atoms with Crippen LogP contribution in [0.1, 0.15) is 44.6 Å². The van der Waals surface area contributed by atoms with E-state index in [0.29, 0.717) is 31.4 Å². The van der Waals surface area contributed by atoms with Crippen molar-refractivity contribution < 1.29 is 14.3 Å². The van der Waals surface area contributed by atoms with E-state index in [1.165, 1.54) is 17.4 Å². The van der Waals surface area contributed by atoms with E-state index in [9.17, 15) is 9.59 Å². The molecule has 9 heteroatoms. The summed E-state index contributed by atoms with van der Waals surface area (Å²) in [5.41, 5.74) is 0.677.